The zero-order valence-electron chi connectivity index (χ0n) is 14.6. The van der Waals surface area contributed by atoms with Gasteiger partial charge in [-0.3, -0.25) is 0 Å². The van der Waals surface area contributed by atoms with E-state index in [0.717, 1.165) is 5.56 Å². The van der Waals surface area contributed by atoms with E-state index >= 15 is 0 Å². The standard InChI is InChI=1S/C20H19ClO5/c1-13-19(20(22)24-10-9-23-2)16-11-15(7-8-18(16)26-13)25-12-14-5-3-4-6-17(14)21/h3-8,11H,9-10,12H2,1-2H3. The lowest BCUT2D eigenvalue weighted by Crippen LogP contribution is -2.10. The highest BCUT2D eigenvalue weighted by molar-refractivity contribution is 6.31. The van der Waals surface area contributed by atoms with E-state index in [2.05, 4.69) is 0 Å². The molecule has 26 heavy (non-hydrogen) atoms. The number of aryl methyl sites for hydroxylation is 1. The lowest BCUT2D eigenvalue weighted by Gasteiger charge is -2.08. The van der Waals surface area contributed by atoms with Crippen LogP contribution in [0.4, 0.5) is 0 Å². The van der Waals surface area contributed by atoms with Crippen LogP contribution in [0.15, 0.2) is 46.9 Å². The molecule has 0 amide bonds. The van der Waals surface area contributed by atoms with Crippen LogP contribution in [0.2, 0.25) is 5.02 Å². The molecule has 0 saturated carbocycles. The summed E-state index contributed by atoms with van der Waals surface area (Å²) in [4.78, 5) is 12.4. The highest BCUT2D eigenvalue weighted by Crippen LogP contribution is 2.30. The lowest BCUT2D eigenvalue weighted by molar-refractivity contribution is 0.0388. The van der Waals surface area contributed by atoms with Crippen molar-refractivity contribution in [3.8, 4) is 5.75 Å². The van der Waals surface area contributed by atoms with E-state index in [-0.39, 0.29) is 6.61 Å². The maximum atomic E-state index is 12.4. The fourth-order valence-corrected chi connectivity index (χ4v) is 2.80. The smallest absolute Gasteiger partial charge is 0.342 e. The molecule has 0 atom stereocenters. The van der Waals surface area contributed by atoms with Crippen molar-refractivity contribution >= 4 is 28.5 Å². The monoisotopic (exact) mass is 374 g/mol. The molecule has 3 rings (SSSR count). The quantitative estimate of drug-likeness (QED) is 0.440. The van der Waals surface area contributed by atoms with Gasteiger partial charge in [-0.05, 0) is 31.2 Å². The van der Waals surface area contributed by atoms with Crippen LogP contribution in [0.5, 0.6) is 5.75 Å². The number of ether oxygens (including phenoxy) is 3. The van der Waals surface area contributed by atoms with Gasteiger partial charge in [-0.25, -0.2) is 4.79 Å². The Labute approximate surface area is 156 Å². The molecule has 0 aliphatic heterocycles. The SMILES string of the molecule is COCCOC(=O)c1c(C)oc2ccc(OCc3ccccc3Cl)cc12. The predicted octanol–water partition coefficient (Wildman–Crippen LogP) is 4.78. The highest BCUT2D eigenvalue weighted by Gasteiger charge is 2.20. The first-order valence-electron chi connectivity index (χ1n) is 8.15. The molecule has 3 aromatic rings. The third-order valence-electron chi connectivity index (χ3n) is 3.91. The van der Waals surface area contributed by atoms with Gasteiger partial charge in [0.25, 0.3) is 0 Å². The van der Waals surface area contributed by atoms with E-state index in [1.165, 1.54) is 0 Å². The molecule has 2 aromatic carbocycles. The molecule has 0 N–H and O–H groups in total. The summed E-state index contributed by atoms with van der Waals surface area (Å²) >= 11 is 6.15. The highest BCUT2D eigenvalue weighted by atomic mass is 35.5. The van der Waals surface area contributed by atoms with Gasteiger partial charge >= 0.3 is 5.97 Å². The van der Waals surface area contributed by atoms with Crippen molar-refractivity contribution in [3.63, 3.8) is 0 Å². The van der Waals surface area contributed by atoms with Gasteiger partial charge in [0, 0.05) is 23.1 Å². The summed E-state index contributed by atoms with van der Waals surface area (Å²) in [6, 6.07) is 12.8. The lowest BCUT2D eigenvalue weighted by atomic mass is 10.1. The van der Waals surface area contributed by atoms with E-state index < -0.39 is 5.97 Å². The largest absolute Gasteiger partial charge is 0.489 e. The van der Waals surface area contributed by atoms with Crippen LogP contribution in [0.3, 0.4) is 0 Å². The molecule has 0 unspecified atom stereocenters. The maximum Gasteiger partial charge on any atom is 0.342 e. The molecule has 136 valence electrons. The van der Waals surface area contributed by atoms with Gasteiger partial charge in [0.05, 0.1) is 6.61 Å². The summed E-state index contributed by atoms with van der Waals surface area (Å²) in [5.74, 6) is 0.677. The van der Waals surface area contributed by atoms with Crippen molar-refractivity contribution in [1.29, 1.82) is 0 Å². The normalized spacial score (nSPS) is 10.9. The Bertz CT molecular complexity index is 916. The van der Waals surface area contributed by atoms with Crippen LogP contribution >= 0.6 is 11.6 Å². The minimum atomic E-state index is -0.443. The molecule has 1 heterocycles. The Morgan fingerprint density at radius 3 is 2.73 bits per heavy atom. The number of hydrogen-bond acceptors (Lipinski definition) is 5. The zero-order chi connectivity index (χ0) is 18.5. The number of methoxy groups -OCH3 is 1. The van der Waals surface area contributed by atoms with Gasteiger partial charge in [0.1, 0.15) is 35.9 Å². The molecule has 1 aromatic heterocycles. The summed E-state index contributed by atoms with van der Waals surface area (Å²) in [5.41, 5.74) is 1.89. The van der Waals surface area contributed by atoms with Crippen molar-refractivity contribution in [2.45, 2.75) is 13.5 Å². The van der Waals surface area contributed by atoms with E-state index in [4.69, 9.17) is 30.2 Å². The van der Waals surface area contributed by atoms with Crippen molar-refractivity contribution in [2.75, 3.05) is 20.3 Å². The van der Waals surface area contributed by atoms with Crippen molar-refractivity contribution in [3.05, 3.63) is 64.4 Å². The Morgan fingerprint density at radius 1 is 1.15 bits per heavy atom. The number of carbonyl (C=O) groups is 1. The van der Waals surface area contributed by atoms with Crippen molar-refractivity contribution in [1.82, 2.24) is 0 Å². The number of furan rings is 1. The number of esters is 1. The molecular formula is C20H19ClO5. The van der Waals surface area contributed by atoms with E-state index in [1.54, 1.807) is 32.2 Å². The first-order chi connectivity index (χ1) is 12.6. The average molecular weight is 375 g/mol. The van der Waals surface area contributed by atoms with Gasteiger partial charge < -0.3 is 18.6 Å². The minimum absolute atomic E-state index is 0.185. The summed E-state index contributed by atoms with van der Waals surface area (Å²) in [6.07, 6.45) is 0. The van der Waals surface area contributed by atoms with Crippen LogP contribution < -0.4 is 4.74 Å². The summed E-state index contributed by atoms with van der Waals surface area (Å²) < 4.78 is 21.6. The number of hydrogen-bond donors (Lipinski definition) is 0. The minimum Gasteiger partial charge on any atom is -0.489 e. The first kappa shape index (κ1) is 18.3. The summed E-state index contributed by atoms with van der Waals surface area (Å²) in [7, 11) is 1.55. The first-order valence-corrected chi connectivity index (χ1v) is 8.53. The maximum absolute atomic E-state index is 12.4. The number of rotatable bonds is 7. The van der Waals surface area contributed by atoms with Gasteiger partial charge in [-0.1, -0.05) is 29.8 Å². The Kier molecular flexibility index (Phi) is 5.81. The number of fused-ring (bicyclic) bond motifs is 1. The molecule has 0 fully saturated rings. The Hall–Kier alpha value is -2.50. The topological polar surface area (TPSA) is 57.9 Å². The third kappa shape index (κ3) is 4.00. The fraction of sp³-hybridized carbons (Fsp3) is 0.250. The number of carbonyl (C=O) groups excluding carboxylic acids is 1. The van der Waals surface area contributed by atoms with E-state index in [9.17, 15) is 4.79 Å². The molecule has 0 bridgehead atoms. The van der Waals surface area contributed by atoms with Crippen LogP contribution in [-0.2, 0) is 16.1 Å². The van der Waals surface area contributed by atoms with Crippen LogP contribution in [0.25, 0.3) is 11.0 Å². The molecule has 0 saturated heterocycles. The molecule has 0 aliphatic rings. The van der Waals surface area contributed by atoms with Gasteiger partial charge in [-0.2, -0.15) is 0 Å². The van der Waals surface area contributed by atoms with Gasteiger partial charge in [0.2, 0.25) is 0 Å². The van der Waals surface area contributed by atoms with Crippen LogP contribution in [-0.4, -0.2) is 26.3 Å². The van der Waals surface area contributed by atoms with Gasteiger partial charge in [-0.15, -0.1) is 0 Å². The van der Waals surface area contributed by atoms with Crippen molar-refractivity contribution in [2.24, 2.45) is 0 Å². The molecule has 0 radical (unpaired) electrons. The van der Waals surface area contributed by atoms with Crippen LogP contribution in [0.1, 0.15) is 21.7 Å². The Balaban J connectivity index is 1.82. The second-order valence-electron chi connectivity index (χ2n) is 5.70. The summed E-state index contributed by atoms with van der Waals surface area (Å²) in [5, 5.41) is 1.30. The third-order valence-corrected chi connectivity index (χ3v) is 4.28. The second kappa shape index (κ2) is 8.25. The molecule has 5 nitrogen and oxygen atoms in total. The average Bonchev–Trinajstić information content (AvgIpc) is 2.96. The predicted molar refractivity (Wildman–Crippen MR) is 98.9 cm³/mol. The Morgan fingerprint density at radius 2 is 1.96 bits per heavy atom. The molecule has 6 heteroatoms. The number of benzene rings is 2. The van der Waals surface area contributed by atoms with Crippen LogP contribution in [0, 0.1) is 6.92 Å². The molecule has 0 spiro atoms. The van der Waals surface area contributed by atoms with Crippen molar-refractivity contribution < 1.29 is 23.4 Å². The van der Waals surface area contributed by atoms with E-state index in [1.807, 2.05) is 24.3 Å². The molecular weight excluding hydrogens is 356 g/mol. The zero-order valence-corrected chi connectivity index (χ0v) is 15.3. The number of halogens is 1. The molecule has 0 aliphatic carbocycles. The second-order valence-corrected chi connectivity index (χ2v) is 6.11. The van der Waals surface area contributed by atoms with Gasteiger partial charge in [0.15, 0.2) is 0 Å². The summed E-state index contributed by atoms with van der Waals surface area (Å²) in [6.45, 7) is 2.59. The van der Waals surface area contributed by atoms with E-state index in [0.29, 0.717) is 46.3 Å². The fourth-order valence-electron chi connectivity index (χ4n) is 2.61.